The molecular weight excluding hydrogens is 377 g/mol. The van der Waals surface area contributed by atoms with E-state index in [2.05, 4.69) is 6.92 Å². The molecule has 152 valence electrons. The fourth-order valence-electron chi connectivity index (χ4n) is 3.24. The molecule has 3 rings (SSSR count). The normalized spacial score (nSPS) is 11.0. The van der Waals surface area contributed by atoms with E-state index in [9.17, 15) is 18.0 Å². The van der Waals surface area contributed by atoms with E-state index in [1.807, 2.05) is 0 Å². The van der Waals surface area contributed by atoms with Gasteiger partial charge in [0.15, 0.2) is 23.2 Å². The number of hydrogen-bond acceptors (Lipinski definition) is 2. The number of halogens is 3. The van der Waals surface area contributed by atoms with Crippen LogP contribution in [0, 0.1) is 17.5 Å². The van der Waals surface area contributed by atoms with Crippen LogP contribution in [0.15, 0.2) is 48.5 Å². The minimum absolute atomic E-state index is 0.128. The minimum Gasteiger partial charge on any atom is -0.420 e. The Morgan fingerprint density at radius 2 is 1.52 bits per heavy atom. The van der Waals surface area contributed by atoms with Crippen molar-refractivity contribution in [2.45, 2.75) is 45.4 Å². The number of benzene rings is 3. The predicted octanol–water partition coefficient (Wildman–Crippen LogP) is 6.99. The molecule has 2 nitrogen and oxygen atoms in total. The zero-order valence-corrected chi connectivity index (χ0v) is 16.3. The van der Waals surface area contributed by atoms with E-state index in [4.69, 9.17) is 4.74 Å². The topological polar surface area (TPSA) is 26.3 Å². The summed E-state index contributed by atoms with van der Waals surface area (Å²) in [5.41, 5.74) is 0.991. The van der Waals surface area contributed by atoms with Crippen LogP contribution in [0.3, 0.4) is 0 Å². The van der Waals surface area contributed by atoms with Gasteiger partial charge < -0.3 is 4.74 Å². The molecule has 0 unspecified atom stereocenters. The van der Waals surface area contributed by atoms with Gasteiger partial charge in [0.1, 0.15) is 0 Å². The van der Waals surface area contributed by atoms with E-state index in [1.54, 1.807) is 6.07 Å². The van der Waals surface area contributed by atoms with Crippen molar-refractivity contribution < 1.29 is 22.7 Å². The monoisotopic (exact) mass is 400 g/mol. The number of aryl methyl sites for hydroxylation is 1. The molecule has 3 aromatic rings. The van der Waals surface area contributed by atoms with Crippen LogP contribution in [0.5, 0.6) is 5.75 Å². The first kappa shape index (κ1) is 20.9. The summed E-state index contributed by atoms with van der Waals surface area (Å²) in [7, 11) is 0. The molecule has 0 aromatic heterocycles. The van der Waals surface area contributed by atoms with Crippen LogP contribution < -0.4 is 4.74 Å². The lowest BCUT2D eigenvalue weighted by molar-refractivity contribution is 0.0728. The van der Waals surface area contributed by atoms with E-state index >= 15 is 0 Å². The third-order valence-corrected chi connectivity index (χ3v) is 4.88. The Kier molecular flexibility index (Phi) is 6.91. The van der Waals surface area contributed by atoms with E-state index < -0.39 is 23.4 Å². The number of rotatable bonds is 8. The molecule has 0 radical (unpaired) electrons. The fourth-order valence-corrected chi connectivity index (χ4v) is 3.24. The summed E-state index contributed by atoms with van der Waals surface area (Å²) in [6, 6.07) is 11.0. The highest BCUT2D eigenvalue weighted by atomic mass is 19.2. The molecule has 0 N–H and O–H groups in total. The molecule has 29 heavy (non-hydrogen) atoms. The van der Waals surface area contributed by atoms with Crippen LogP contribution >= 0.6 is 0 Å². The largest absolute Gasteiger partial charge is 0.420 e. The third kappa shape index (κ3) is 5.37. The van der Waals surface area contributed by atoms with Crippen LogP contribution in [-0.2, 0) is 6.42 Å². The van der Waals surface area contributed by atoms with Crippen LogP contribution in [0.4, 0.5) is 13.2 Å². The van der Waals surface area contributed by atoms with E-state index in [1.165, 1.54) is 49.6 Å². The predicted molar refractivity (Wildman–Crippen MR) is 108 cm³/mol. The number of unbranched alkanes of at least 4 members (excludes halogenated alkanes) is 4. The second-order valence-corrected chi connectivity index (χ2v) is 7.15. The van der Waals surface area contributed by atoms with Crippen molar-refractivity contribution in [2.24, 2.45) is 0 Å². The number of esters is 1. The van der Waals surface area contributed by atoms with Gasteiger partial charge in [0.05, 0.1) is 5.56 Å². The maximum absolute atomic E-state index is 14.3. The molecular formula is C24H23F3O2. The summed E-state index contributed by atoms with van der Waals surface area (Å²) in [5.74, 6) is -3.48. The van der Waals surface area contributed by atoms with Gasteiger partial charge in [-0.15, -0.1) is 0 Å². The first-order valence-corrected chi connectivity index (χ1v) is 9.87. The molecule has 0 aliphatic rings. The Balaban J connectivity index is 1.67. The second kappa shape index (κ2) is 9.59. The van der Waals surface area contributed by atoms with Crippen LogP contribution in [0.2, 0.25) is 0 Å². The minimum atomic E-state index is -1.00. The Morgan fingerprint density at radius 3 is 2.24 bits per heavy atom. The molecule has 0 saturated heterocycles. The van der Waals surface area contributed by atoms with Crippen molar-refractivity contribution in [1.29, 1.82) is 0 Å². The number of hydrogen-bond donors (Lipinski definition) is 0. The molecule has 5 heteroatoms. The van der Waals surface area contributed by atoms with Gasteiger partial charge in [0.25, 0.3) is 0 Å². The van der Waals surface area contributed by atoms with Crippen LogP contribution in [0.25, 0.3) is 10.8 Å². The maximum atomic E-state index is 14.3. The number of ether oxygens (including phenoxy) is 1. The Hall–Kier alpha value is -2.82. The lowest BCUT2D eigenvalue weighted by Crippen LogP contribution is -2.09. The van der Waals surface area contributed by atoms with Crippen molar-refractivity contribution in [3.05, 3.63) is 77.1 Å². The van der Waals surface area contributed by atoms with Crippen LogP contribution in [0.1, 0.15) is 54.9 Å². The van der Waals surface area contributed by atoms with Crippen LogP contribution in [-0.4, -0.2) is 5.97 Å². The first-order chi connectivity index (χ1) is 14.0. The quantitative estimate of drug-likeness (QED) is 0.231. The van der Waals surface area contributed by atoms with E-state index in [0.717, 1.165) is 37.0 Å². The van der Waals surface area contributed by atoms with Gasteiger partial charge in [0.2, 0.25) is 0 Å². The van der Waals surface area contributed by atoms with Gasteiger partial charge in [-0.2, -0.15) is 0 Å². The molecule has 0 spiro atoms. The summed E-state index contributed by atoms with van der Waals surface area (Å²) in [5, 5.41) is 0.812. The molecule has 0 heterocycles. The van der Waals surface area contributed by atoms with Gasteiger partial charge >= 0.3 is 5.97 Å². The molecule has 0 amide bonds. The second-order valence-electron chi connectivity index (χ2n) is 7.15. The molecule has 0 saturated carbocycles. The summed E-state index contributed by atoms with van der Waals surface area (Å²) < 4.78 is 46.2. The highest BCUT2D eigenvalue weighted by Gasteiger charge is 2.14. The lowest BCUT2D eigenvalue weighted by Gasteiger charge is -2.08. The van der Waals surface area contributed by atoms with E-state index in [-0.39, 0.29) is 11.3 Å². The van der Waals surface area contributed by atoms with Crippen molar-refractivity contribution in [3.8, 4) is 5.75 Å². The fraction of sp³-hybridized carbons (Fsp3) is 0.292. The first-order valence-electron chi connectivity index (χ1n) is 9.87. The third-order valence-electron chi connectivity index (χ3n) is 4.88. The zero-order chi connectivity index (χ0) is 20.8. The van der Waals surface area contributed by atoms with Gasteiger partial charge in [0, 0.05) is 0 Å². The smallest absolute Gasteiger partial charge is 0.343 e. The number of fused-ring (bicyclic) bond motifs is 1. The number of carbonyl (C=O) groups excluding carboxylic acids is 1. The molecule has 0 atom stereocenters. The zero-order valence-electron chi connectivity index (χ0n) is 16.3. The summed E-state index contributed by atoms with van der Waals surface area (Å²) in [4.78, 5) is 12.4. The van der Waals surface area contributed by atoms with Gasteiger partial charge in [-0.25, -0.2) is 18.0 Å². The van der Waals surface area contributed by atoms with Crippen molar-refractivity contribution in [3.63, 3.8) is 0 Å². The molecule has 0 bridgehead atoms. The average molecular weight is 400 g/mol. The van der Waals surface area contributed by atoms with Gasteiger partial charge in [-0.1, -0.05) is 44.7 Å². The van der Waals surface area contributed by atoms with Gasteiger partial charge in [-0.3, -0.25) is 0 Å². The highest BCUT2D eigenvalue weighted by molar-refractivity contribution is 5.96. The Labute approximate surface area is 168 Å². The van der Waals surface area contributed by atoms with E-state index in [0.29, 0.717) is 10.8 Å². The summed E-state index contributed by atoms with van der Waals surface area (Å²) in [6.07, 6.45) is 6.45. The standard InChI is InChI=1S/C24H23F3O2/c1-2-3-4-5-6-7-16-8-11-23(22(27)12-16)29-24(28)18-10-9-17-14-20(25)21(26)15-19(17)13-18/h8-15H,2-7H2,1H3. The van der Waals surface area contributed by atoms with Crippen molar-refractivity contribution >= 4 is 16.7 Å². The van der Waals surface area contributed by atoms with Crippen molar-refractivity contribution in [1.82, 2.24) is 0 Å². The molecule has 0 aliphatic heterocycles. The van der Waals surface area contributed by atoms with Gasteiger partial charge in [-0.05, 0) is 65.6 Å². The molecule has 3 aromatic carbocycles. The Morgan fingerprint density at radius 1 is 0.793 bits per heavy atom. The van der Waals surface area contributed by atoms with Crippen molar-refractivity contribution in [2.75, 3.05) is 0 Å². The molecule has 0 aliphatic carbocycles. The SMILES string of the molecule is CCCCCCCc1ccc(OC(=O)c2ccc3cc(F)c(F)cc3c2)c(F)c1. The molecule has 0 fully saturated rings. The summed E-state index contributed by atoms with van der Waals surface area (Å²) in [6.45, 7) is 2.16. The lowest BCUT2D eigenvalue weighted by atomic mass is 10.1. The Bertz CT molecular complexity index is 1010. The maximum Gasteiger partial charge on any atom is 0.343 e. The highest BCUT2D eigenvalue weighted by Crippen LogP contribution is 2.23. The number of carbonyl (C=O) groups is 1. The summed E-state index contributed by atoms with van der Waals surface area (Å²) >= 11 is 0. The average Bonchev–Trinajstić information content (AvgIpc) is 2.70.